The Kier molecular flexibility index (Phi) is 3.31. The zero-order chi connectivity index (χ0) is 14.1. The van der Waals surface area contributed by atoms with Crippen LogP contribution in [-0.4, -0.2) is 0 Å². The standard InChI is InChI=1S/C20H20/c1-14-15(2)20(18-12-8-5-9-13-18)16(3)19(14)17-10-6-4-7-11-17/h4-14H,1-3H3. The Morgan fingerprint density at radius 3 is 1.75 bits per heavy atom. The molecule has 1 aliphatic rings. The molecule has 0 nitrogen and oxygen atoms in total. The predicted octanol–water partition coefficient (Wildman–Crippen LogP) is 5.58. The zero-order valence-electron chi connectivity index (χ0n) is 12.4. The summed E-state index contributed by atoms with van der Waals surface area (Å²) in [7, 11) is 0. The molecule has 0 spiro atoms. The second-order valence-electron chi connectivity index (χ2n) is 5.55. The molecule has 1 unspecified atom stereocenters. The molecule has 0 heterocycles. The van der Waals surface area contributed by atoms with Crippen LogP contribution in [0.25, 0.3) is 11.1 Å². The fourth-order valence-electron chi connectivity index (χ4n) is 3.32. The van der Waals surface area contributed by atoms with Gasteiger partial charge in [0.2, 0.25) is 0 Å². The predicted molar refractivity (Wildman–Crippen MR) is 87.2 cm³/mol. The zero-order valence-corrected chi connectivity index (χ0v) is 12.4. The third-order valence-electron chi connectivity index (χ3n) is 4.40. The van der Waals surface area contributed by atoms with Crippen molar-refractivity contribution in [1.82, 2.24) is 0 Å². The summed E-state index contributed by atoms with van der Waals surface area (Å²) in [5, 5.41) is 0. The van der Waals surface area contributed by atoms with Gasteiger partial charge < -0.3 is 0 Å². The van der Waals surface area contributed by atoms with Crippen LogP contribution in [0.5, 0.6) is 0 Å². The molecule has 3 rings (SSSR count). The van der Waals surface area contributed by atoms with Crippen LogP contribution in [0.4, 0.5) is 0 Å². The summed E-state index contributed by atoms with van der Waals surface area (Å²) in [6.45, 7) is 6.85. The molecular weight excluding hydrogens is 240 g/mol. The monoisotopic (exact) mass is 260 g/mol. The number of hydrogen-bond acceptors (Lipinski definition) is 0. The van der Waals surface area contributed by atoms with E-state index in [1.165, 1.54) is 33.4 Å². The third kappa shape index (κ3) is 2.02. The molecule has 0 amide bonds. The van der Waals surface area contributed by atoms with E-state index in [0.717, 1.165) is 0 Å². The van der Waals surface area contributed by atoms with Gasteiger partial charge in [-0.2, -0.15) is 0 Å². The van der Waals surface area contributed by atoms with Gasteiger partial charge in [0.05, 0.1) is 0 Å². The summed E-state index contributed by atoms with van der Waals surface area (Å²) in [6.07, 6.45) is 0. The summed E-state index contributed by atoms with van der Waals surface area (Å²) in [5.41, 5.74) is 8.49. The maximum absolute atomic E-state index is 2.32. The summed E-state index contributed by atoms with van der Waals surface area (Å²) < 4.78 is 0. The van der Waals surface area contributed by atoms with Crippen LogP contribution >= 0.6 is 0 Å². The van der Waals surface area contributed by atoms with Crippen molar-refractivity contribution in [3.05, 3.63) is 82.9 Å². The Morgan fingerprint density at radius 1 is 0.700 bits per heavy atom. The molecule has 0 aliphatic heterocycles. The minimum atomic E-state index is 0.493. The summed E-state index contributed by atoms with van der Waals surface area (Å²) in [4.78, 5) is 0. The molecule has 0 bridgehead atoms. The Balaban J connectivity index is 2.14. The van der Waals surface area contributed by atoms with Crippen LogP contribution in [0.3, 0.4) is 0 Å². The second kappa shape index (κ2) is 5.13. The van der Waals surface area contributed by atoms with Crippen molar-refractivity contribution in [2.75, 3.05) is 0 Å². The van der Waals surface area contributed by atoms with E-state index in [4.69, 9.17) is 0 Å². The van der Waals surface area contributed by atoms with Crippen LogP contribution in [0, 0.1) is 5.92 Å². The van der Waals surface area contributed by atoms with E-state index in [2.05, 4.69) is 81.4 Å². The lowest BCUT2D eigenvalue weighted by Crippen LogP contribution is -1.96. The topological polar surface area (TPSA) is 0 Å². The number of benzene rings is 2. The first-order valence-corrected chi connectivity index (χ1v) is 7.23. The SMILES string of the molecule is CC1=C(c2ccccc2)C(C)C(C)=C1c1ccccc1. The quantitative estimate of drug-likeness (QED) is 0.661. The van der Waals surface area contributed by atoms with Crippen molar-refractivity contribution < 1.29 is 0 Å². The Bertz CT molecular complexity index is 672. The fourth-order valence-corrected chi connectivity index (χ4v) is 3.32. The van der Waals surface area contributed by atoms with Gasteiger partial charge in [0, 0.05) is 5.92 Å². The third-order valence-corrected chi connectivity index (χ3v) is 4.40. The Labute approximate surface area is 121 Å². The average molecular weight is 260 g/mol. The number of hydrogen-bond donors (Lipinski definition) is 0. The van der Waals surface area contributed by atoms with Crippen LogP contribution in [0.1, 0.15) is 31.9 Å². The molecule has 1 atom stereocenters. The molecule has 0 heteroatoms. The van der Waals surface area contributed by atoms with E-state index in [0.29, 0.717) is 5.92 Å². The van der Waals surface area contributed by atoms with E-state index in [-0.39, 0.29) is 0 Å². The maximum atomic E-state index is 2.32. The maximum Gasteiger partial charge on any atom is 0.00351 e. The minimum absolute atomic E-state index is 0.493. The number of allylic oxidation sites excluding steroid dienone is 4. The van der Waals surface area contributed by atoms with Crippen molar-refractivity contribution in [2.24, 2.45) is 5.92 Å². The first-order valence-electron chi connectivity index (χ1n) is 7.23. The largest absolute Gasteiger partial charge is 0.0622 e. The fraction of sp³-hybridized carbons (Fsp3) is 0.200. The lowest BCUT2D eigenvalue weighted by Gasteiger charge is -2.12. The van der Waals surface area contributed by atoms with Gasteiger partial charge in [-0.25, -0.2) is 0 Å². The lowest BCUT2D eigenvalue weighted by molar-refractivity contribution is 0.904. The van der Waals surface area contributed by atoms with Crippen molar-refractivity contribution in [3.63, 3.8) is 0 Å². The van der Waals surface area contributed by atoms with Crippen LogP contribution in [-0.2, 0) is 0 Å². The lowest BCUT2D eigenvalue weighted by atomic mass is 9.92. The van der Waals surface area contributed by atoms with Crippen LogP contribution in [0.2, 0.25) is 0 Å². The molecule has 0 saturated carbocycles. The van der Waals surface area contributed by atoms with Crippen molar-refractivity contribution in [1.29, 1.82) is 0 Å². The van der Waals surface area contributed by atoms with Gasteiger partial charge in [0.15, 0.2) is 0 Å². The molecular formula is C20H20. The summed E-state index contributed by atoms with van der Waals surface area (Å²) in [5.74, 6) is 0.493. The highest BCUT2D eigenvalue weighted by atomic mass is 14.3. The van der Waals surface area contributed by atoms with E-state index >= 15 is 0 Å². The van der Waals surface area contributed by atoms with Gasteiger partial charge in [-0.05, 0) is 41.7 Å². The Hall–Kier alpha value is -2.08. The molecule has 0 fully saturated rings. The van der Waals surface area contributed by atoms with Crippen molar-refractivity contribution >= 4 is 11.1 Å². The van der Waals surface area contributed by atoms with Crippen LogP contribution in [0.15, 0.2) is 71.8 Å². The van der Waals surface area contributed by atoms with Gasteiger partial charge in [0.1, 0.15) is 0 Å². The molecule has 2 aromatic rings. The summed E-state index contributed by atoms with van der Waals surface area (Å²) >= 11 is 0. The van der Waals surface area contributed by atoms with Crippen molar-refractivity contribution in [2.45, 2.75) is 20.8 Å². The average Bonchev–Trinajstić information content (AvgIpc) is 2.71. The smallest absolute Gasteiger partial charge is 0.00351 e. The van der Waals surface area contributed by atoms with Crippen LogP contribution < -0.4 is 0 Å². The molecule has 100 valence electrons. The second-order valence-corrected chi connectivity index (χ2v) is 5.55. The Morgan fingerprint density at radius 2 is 1.20 bits per heavy atom. The molecule has 20 heavy (non-hydrogen) atoms. The highest BCUT2D eigenvalue weighted by Crippen LogP contribution is 2.46. The van der Waals surface area contributed by atoms with Gasteiger partial charge in [0.25, 0.3) is 0 Å². The van der Waals surface area contributed by atoms with Gasteiger partial charge in [-0.15, -0.1) is 0 Å². The molecule has 0 saturated heterocycles. The van der Waals surface area contributed by atoms with Gasteiger partial charge in [-0.3, -0.25) is 0 Å². The van der Waals surface area contributed by atoms with E-state index in [9.17, 15) is 0 Å². The minimum Gasteiger partial charge on any atom is -0.0622 e. The first-order chi connectivity index (χ1) is 9.70. The molecule has 1 aliphatic carbocycles. The van der Waals surface area contributed by atoms with E-state index < -0.39 is 0 Å². The van der Waals surface area contributed by atoms with E-state index in [1.54, 1.807) is 0 Å². The number of rotatable bonds is 2. The molecule has 0 radical (unpaired) electrons. The van der Waals surface area contributed by atoms with Gasteiger partial charge in [-0.1, -0.05) is 73.2 Å². The van der Waals surface area contributed by atoms with E-state index in [1.807, 2.05) is 0 Å². The normalized spacial score (nSPS) is 18.9. The van der Waals surface area contributed by atoms with Gasteiger partial charge >= 0.3 is 0 Å². The molecule has 2 aromatic carbocycles. The molecule has 0 N–H and O–H groups in total. The highest BCUT2D eigenvalue weighted by Gasteiger charge is 2.27. The first kappa shape index (κ1) is 12.9. The molecule has 0 aromatic heterocycles. The van der Waals surface area contributed by atoms with Crippen molar-refractivity contribution in [3.8, 4) is 0 Å². The summed E-state index contributed by atoms with van der Waals surface area (Å²) in [6, 6.07) is 21.5. The highest BCUT2D eigenvalue weighted by molar-refractivity contribution is 5.96.